The standard InChI is InChI=1S/C9H19NO3S/c1-8(2)6-4-5-7-10-14(12,13)9(3)11/h8,10H,4-7H2,1-3H3. The number of hydrogen-bond donors (Lipinski definition) is 1. The van der Waals surface area contributed by atoms with E-state index in [1.807, 2.05) is 0 Å². The van der Waals surface area contributed by atoms with Crippen molar-refractivity contribution in [3.8, 4) is 0 Å². The van der Waals surface area contributed by atoms with E-state index >= 15 is 0 Å². The lowest BCUT2D eigenvalue weighted by molar-refractivity contribution is -0.110. The van der Waals surface area contributed by atoms with Gasteiger partial charge in [0.05, 0.1) is 0 Å². The van der Waals surface area contributed by atoms with Gasteiger partial charge >= 0.3 is 0 Å². The number of carbonyl (C=O) groups is 1. The van der Waals surface area contributed by atoms with Crippen molar-refractivity contribution in [3.05, 3.63) is 0 Å². The van der Waals surface area contributed by atoms with Crippen LogP contribution < -0.4 is 4.72 Å². The average Bonchev–Trinajstić information content (AvgIpc) is 2.02. The molecule has 0 rings (SSSR count). The van der Waals surface area contributed by atoms with Crippen molar-refractivity contribution in [3.63, 3.8) is 0 Å². The first-order valence-electron chi connectivity index (χ1n) is 4.86. The second-order valence-electron chi connectivity index (χ2n) is 3.78. The lowest BCUT2D eigenvalue weighted by atomic mass is 10.1. The van der Waals surface area contributed by atoms with Gasteiger partial charge in [0, 0.05) is 13.5 Å². The molecule has 0 saturated carbocycles. The number of sulfonamides is 1. The molecular weight excluding hydrogens is 202 g/mol. The van der Waals surface area contributed by atoms with Crippen molar-refractivity contribution in [2.24, 2.45) is 5.92 Å². The SMILES string of the molecule is CC(=O)S(=O)(=O)NCCCCC(C)C. The second-order valence-corrected chi connectivity index (χ2v) is 5.65. The van der Waals surface area contributed by atoms with Crippen molar-refractivity contribution >= 4 is 15.1 Å². The van der Waals surface area contributed by atoms with Crippen molar-refractivity contribution in [1.29, 1.82) is 0 Å². The van der Waals surface area contributed by atoms with Gasteiger partial charge in [-0.15, -0.1) is 0 Å². The van der Waals surface area contributed by atoms with Crippen LogP contribution in [0.1, 0.15) is 40.0 Å². The predicted molar refractivity (Wildman–Crippen MR) is 56.3 cm³/mol. The van der Waals surface area contributed by atoms with Crippen molar-refractivity contribution in [2.45, 2.75) is 40.0 Å². The first-order valence-corrected chi connectivity index (χ1v) is 6.35. The van der Waals surface area contributed by atoms with Crippen LogP contribution in [0.15, 0.2) is 0 Å². The van der Waals surface area contributed by atoms with Crippen molar-refractivity contribution in [2.75, 3.05) is 6.54 Å². The van der Waals surface area contributed by atoms with Crippen LogP contribution in [0.4, 0.5) is 0 Å². The third-order valence-electron chi connectivity index (χ3n) is 1.88. The number of hydrogen-bond acceptors (Lipinski definition) is 3. The van der Waals surface area contributed by atoms with E-state index in [0.29, 0.717) is 12.5 Å². The molecule has 14 heavy (non-hydrogen) atoms. The molecule has 0 saturated heterocycles. The minimum atomic E-state index is -3.69. The van der Waals surface area contributed by atoms with Gasteiger partial charge in [-0.1, -0.05) is 26.7 Å². The molecule has 0 aromatic carbocycles. The van der Waals surface area contributed by atoms with Gasteiger partial charge in [0.2, 0.25) is 0 Å². The highest BCUT2D eigenvalue weighted by atomic mass is 32.2. The van der Waals surface area contributed by atoms with E-state index in [1.165, 1.54) is 0 Å². The minimum Gasteiger partial charge on any atom is -0.281 e. The molecule has 0 fully saturated rings. The summed E-state index contributed by atoms with van der Waals surface area (Å²) in [4.78, 5) is 10.6. The molecule has 1 N–H and O–H groups in total. The zero-order valence-electron chi connectivity index (χ0n) is 9.04. The van der Waals surface area contributed by atoms with Crippen LogP contribution in [0.25, 0.3) is 0 Å². The predicted octanol–water partition coefficient (Wildman–Crippen LogP) is 1.28. The Kier molecular flexibility index (Phi) is 5.95. The largest absolute Gasteiger partial charge is 0.281 e. The average molecular weight is 221 g/mol. The molecule has 0 aliphatic carbocycles. The Balaban J connectivity index is 3.61. The van der Waals surface area contributed by atoms with Crippen LogP contribution in [-0.4, -0.2) is 20.1 Å². The summed E-state index contributed by atoms with van der Waals surface area (Å²) in [5.41, 5.74) is 0. The number of rotatable bonds is 6. The smallest absolute Gasteiger partial charge is 0.274 e. The minimum absolute atomic E-state index is 0.356. The summed E-state index contributed by atoms with van der Waals surface area (Å²) in [5, 5.41) is -0.818. The molecule has 5 heteroatoms. The van der Waals surface area contributed by atoms with E-state index < -0.39 is 15.1 Å². The van der Waals surface area contributed by atoms with Gasteiger partial charge in [-0.05, 0) is 12.3 Å². The van der Waals surface area contributed by atoms with Gasteiger partial charge in [0.15, 0.2) is 0 Å². The summed E-state index contributed by atoms with van der Waals surface area (Å²) in [6.45, 7) is 5.66. The molecule has 0 unspecified atom stereocenters. The molecular formula is C9H19NO3S. The van der Waals surface area contributed by atoms with Crippen molar-refractivity contribution < 1.29 is 13.2 Å². The summed E-state index contributed by atoms with van der Waals surface area (Å²) < 4.78 is 24.2. The van der Waals surface area contributed by atoms with Gasteiger partial charge in [-0.25, -0.2) is 13.1 Å². The highest BCUT2D eigenvalue weighted by molar-refractivity contribution is 8.04. The zero-order chi connectivity index (χ0) is 11.2. The van der Waals surface area contributed by atoms with Crippen LogP contribution in [0.2, 0.25) is 0 Å². The van der Waals surface area contributed by atoms with E-state index in [4.69, 9.17) is 0 Å². The summed E-state index contributed by atoms with van der Waals surface area (Å²) in [5.74, 6) is 0.638. The van der Waals surface area contributed by atoms with E-state index in [-0.39, 0.29) is 0 Å². The van der Waals surface area contributed by atoms with E-state index in [2.05, 4.69) is 18.6 Å². The Morgan fingerprint density at radius 2 is 1.86 bits per heavy atom. The van der Waals surface area contributed by atoms with Crippen LogP contribution >= 0.6 is 0 Å². The lowest BCUT2D eigenvalue weighted by Crippen LogP contribution is -2.29. The number of carbonyl (C=O) groups excluding carboxylic acids is 1. The maximum atomic E-state index is 11.0. The lowest BCUT2D eigenvalue weighted by Gasteiger charge is -2.05. The molecule has 0 aliphatic heterocycles. The molecule has 0 heterocycles. The molecule has 0 aromatic heterocycles. The Morgan fingerprint density at radius 3 is 2.29 bits per heavy atom. The molecule has 0 aliphatic rings. The number of nitrogens with one attached hydrogen (secondary N) is 1. The zero-order valence-corrected chi connectivity index (χ0v) is 9.86. The van der Waals surface area contributed by atoms with Crippen molar-refractivity contribution in [1.82, 2.24) is 4.72 Å². The molecule has 0 amide bonds. The number of unbranched alkanes of at least 4 members (excludes halogenated alkanes) is 1. The molecule has 4 nitrogen and oxygen atoms in total. The fourth-order valence-electron chi connectivity index (χ4n) is 0.986. The van der Waals surface area contributed by atoms with Gasteiger partial charge in [0.25, 0.3) is 15.1 Å². The fourth-order valence-corrected chi connectivity index (χ4v) is 1.60. The van der Waals surface area contributed by atoms with E-state index in [1.54, 1.807) is 0 Å². The molecule has 0 aromatic rings. The Morgan fingerprint density at radius 1 is 1.29 bits per heavy atom. The van der Waals surface area contributed by atoms with Gasteiger partial charge < -0.3 is 0 Å². The summed E-state index contributed by atoms with van der Waals surface area (Å²) in [7, 11) is -3.69. The normalized spacial score (nSPS) is 12.0. The maximum absolute atomic E-state index is 11.0. The summed E-state index contributed by atoms with van der Waals surface area (Å²) in [6, 6.07) is 0. The van der Waals surface area contributed by atoms with Gasteiger partial charge in [-0.3, -0.25) is 4.79 Å². The van der Waals surface area contributed by atoms with Crippen LogP contribution in [0.5, 0.6) is 0 Å². The molecule has 0 bridgehead atoms. The highest BCUT2D eigenvalue weighted by Gasteiger charge is 2.14. The van der Waals surface area contributed by atoms with E-state index in [9.17, 15) is 13.2 Å². The quantitative estimate of drug-likeness (QED) is 0.687. The monoisotopic (exact) mass is 221 g/mol. The summed E-state index contributed by atoms with van der Waals surface area (Å²) >= 11 is 0. The fraction of sp³-hybridized carbons (Fsp3) is 0.889. The Labute approximate surface area is 86.1 Å². The third-order valence-corrected chi connectivity index (χ3v) is 3.22. The van der Waals surface area contributed by atoms with Gasteiger partial charge in [-0.2, -0.15) is 0 Å². The molecule has 0 spiro atoms. The molecule has 0 radical (unpaired) electrons. The van der Waals surface area contributed by atoms with Crippen LogP contribution in [-0.2, 0) is 14.8 Å². The molecule has 84 valence electrons. The van der Waals surface area contributed by atoms with E-state index in [0.717, 1.165) is 26.2 Å². The first kappa shape index (κ1) is 13.6. The highest BCUT2D eigenvalue weighted by Crippen LogP contribution is 2.05. The maximum Gasteiger partial charge on any atom is 0.274 e. The third kappa shape index (κ3) is 6.10. The topological polar surface area (TPSA) is 63.2 Å². The summed E-state index contributed by atoms with van der Waals surface area (Å²) in [6.07, 6.45) is 2.85. The molecule has 0 atom stereocenters. The van der Waals surface area contributed by atoms with Gasteiger partial charge in [0.1, 0.15) is 0 Å². The Bertz CT molecular complexity index is 270. The Hall–Kier alpha value is -0.420. The van der Waals surface area contributed by atoms with Crippen LogP contribution in [0.3, 0.4) is 0 Å². The van der Waals surface area contributed by atoms with Crippen LogP contribution in [0, 0.1) is 5.92 Å². The first-order chi connectivity index (χ1) is 6.36. The second kappa shape index (κ2) is 6.14.